The number of unbranched alkanes of at least 4 members (excludes halogenated alkanes) is 1. The van der Waals surface area contributed by atoms with E-state index in [0.29, 0.717) is 13.2 Å². The minimum atomic E-state index is -0.690. The summed E-state index contributed by atoms with van der Waals surface area (Å²) in [6.45, 7) is 5.37. The lowest BCUT2D eigenvalue weighted by Crippen LogP contribution is -2.47. The number of carbonyl (C=O) groups excluding carboxylic acids is 1. The van der Waals surface area contributed by atoms with Crippen molar-refractivity contribution in [1.82, 2.24) is 0 Å². The lowest BCUT2D eigenvalue weighted by molar-refractivity contribution is -0.145. The fourth-order valence-electron chi connectivity index (χ4n) is 3.91. The van der Waals surface area contributed by atoms with Gasteiger partial charge < -0.3 is 14.8 Å². The maximum absolute atomic E-state index is 13.2. The monoisotopic (exact) mass is 369 g/mol. The third-order valence-electron chi connectivity index (χ3n) is 5.38. The van der Waals surface area contributed by atoms with Crippen LogP contribution < -0.4 is 10.1 Å². The quantitative estimate of drug-likeness (QED) is 0.608. The van der Waals surface area contributed by atoms with Gasteiger partial charge in [-0.25, -0.2) is 0 Å². The molecule has 0 aromatic heterocycles. The second-order valence-electron chi connectivity index (χ2n) is 7.30. The zero-order chi connectivity index (χ0) is 19.1. The molecule has 27 heavy (non-hydrogen) atoms. The Bertz CT molecular complexity index is 760. The molecule has 1 saturated carbocycles. The van der Waals surface area contributed by atoms with Crippen molar-refractivity contribution in [3.63, 3.8) is 0 Å². The molecule has 2 aromatic rings. The first-order chi connectivity index (χ1) is 13.2. The summed E-state index contributed by atoms with van der Waals surface area (Å²) < 4.78 is 11.9. The molecule has 1 aliphatic rings. The summed E-state index contributed by atoms with van der Waals surface area (Å²) in [5.74, 6) is 0.850. The van der Waals surface area contributed by atoms with Crippen LogP contribution in [0, 0.1) is 0 Å². The van der Waals surface area contributed by atoms with Gasteiger partial charge in [0.25, 0.3) is 5.91 Å². The summed E-state index contributed by atoms with van der Waals surface area (Å²) >= 11 is 0. The van der Waals surface area contributed by atoms with E-state index in [1.807, 2.05) is 43.3 Å². The van der Waals surface area contributed by atoms with E-state index in [1.165, 1.54) is 6.42 Å². The molecule has 0 aliphatic heterocycles. The molecule has 0 saturated heterocycles. The molecule has 1 N–H and O–H groups in total. The number of carbonyl (C=O) groups is 1. The Balaban J connectivity index is 1.86. The standard InChI is InChI=1S/C23H31NO3/c1-3-5-17-26-21-14-13-20(18-11-7-8-12-19(18)21)24-22(25)23(27-4-2)15-9-6-10-16-23/h7-8,11-14H,3-6,9-10,15-17H2,1-2H3,(H,24,25). The molecule has 3 rings (SSSR count). The summed E-state index contributed by atoms with van der Waals surface area (Å²) in [7, 11) is 0. The summed E-state index contributed by atoms with van der Waals surface area (Å²) in [5, 5.41) is 5.19. The average molecular weight is 370 g/mol. The van der Waals surface area contributed by atoms with Crippen LogP contribution in [0.3, 0.4) is 0 Å². The van der Waals surface area contributed by atoms with E-state index in [4.69, 9.17) is 9.47 Å². The van der Waals surface area contributed by atoms with Crippen LogP contribution in [0.2, 0.25) is 0 Å². The van der Waals surface area contributed by atoms with Crippen molar-refractivity contribution >= 4 is 22.4 Å². The van der Waals surface area contributed by atoms with Gasteiger partial charge in [-0.3, -0.25) is 4.79 Å². The van der Waals surface area contributed by atoms with Crippen molar-refractivity contribution < 1.29 is 14.3 Å². The Morgan fingerprint density at radius 2 is 1.78 bits per heavy atom. The minimum absolute atomic E-state index is 0.0196. The SMILES string of the molecule is CCCCOc1ccc(NC(=O)C2(OCC)CCCCC2)c2ccccc12. The Kier molecular flexibility index (Phi) is 6.73. The number of ether oxygens (including phenoxy) is 2. The Morgan fingerprint density at radius 3 is 2.48 bits per heavy atom. The van der Waals surface area contributed by atoms with E-state index in [-0.39, 0.29) is 5.91 Å². The summed E-state index contributed by atoms with van der Waals surface area (Å²) in [4.78, 5) is 13.2. The number of amides is 1. The first kappa shape index (κ1) is 19.7. The number of fused-ring (bicyclic) bond motifs is 1. The molecular formula is C23H31NO3. The van der Waals surface area contributed by atoms with Crippen molar-refractivity contribution in [1.29, 1.82) is 0 Å². The van der Waals surface area contributed by atoms with Gasteiger partial charge in [0.05, 0.1) is 6.61 Å². The lowest BCUT2D eigenvalue weighted by Gasteiger charge is -2.35. The topological polar surface area (TPSA) is 47.6 Å². The highest BCUT2D eigenvalue weighted by atomic mass is 16.5. The van der Waals surface area contributed by atoms with Gasteiger partial charge in [0.15, 0.2) is 0 Å². The zero-order valence-electron chi connectivity index (χ0n) is 16.6. The van der Waals surface area contributed by atoms with E-state index in [1.54, 1.807) is 0 Å². The Labute approximate surface area is 162 Å². The van der Waals surface area contributed by atoms with Crippen LogP contribution >= 0.6 is 0 Å². The fourth-order valence-corrected chi connectivity index (χ4v) is 3.91. The van der Waals surface area contributed by atoms with Gasteiger partial charge in [-0.1, -0.05) is 56.9 Å². The maximum atomic E-state index is 13.2. The van der Waals surface area contributed by atoms with Crippen LogP contribution in [-0.4, -0.2) is 24.7 Å². The molecule has 2 aromatic carbocycles. The van der Waals surface area contributed by atoms with Crippen molar-refractivity contribution in [2.24, 2.45) is 0 Å². The summed E-state index contributed by atoms with van der Waals surface area (Å²) in [5.41, 5.74) is 0.132. The Hall–Kier alpha value is -2.07. The van der Waals surface area contributed by atoms with Gasteiger partial charge in [-0.15, -0.1) is 0 Å². The molecule has 0 atom stereocenters. The molecule has 0 bridgehead atoms. The van der Waals surface area contributed by atoms with Crippen LogP contribution in [0.25, 0.3) is 10.8 Å². The highest BCUT2D eigenvalue weighted by molar-refractivity contribution is 6.06. The predicted octanol–water partition coefficient (Wildman–Crippen LogP) is 5.70. The number of hydrogen-bond acceptors (Lipinski definition) is 3. The van der Waals surface area contributed by atoms with Gasteiger partial charge in [-0.2, -0.15) is 0 Å². The highest BCUT2D eigenvalue weighted by Gasteiger charge is 2.40. The van der Waals surface area contributed by atoms with E-state index < -0.39 is 5.60 Å². The van der Waals surface area contributed by atoms with Gasteiger partial charge in [0.2, 0.25) is 0 Å². The number of benzene rings is 2. The first-order valence-corrected chi connectivity index (χ1v) is 10.3. The van der Waals surface area contributed by atoms with E-state index in [2.05, 4.69) is 12.2 Å². The van der Waals surface area contributed by atoms with Crippen LogP contribution in [0.5, 0.6) is 5.75 Å². The van der Waals surface area contributed by atoms with Crippen LogP contribution in [0.4, 0.5) is 5.69 Å². The van der Waals surface area contributed by atoms with Crippen LogP contribution in [0.15, 0.2) is 36.4 Å². The number of anilines is 1. The molecule has 0 unspecified atom stereocenters. The molecule has 146 valence electrons. The second-order valence-corrected chi connectivity index (χ2v) is 7.30. The molecular weight excluding hydrogens is 338 g/mol. The van der Waals surface area contributed by atoms with Gasteiger partial charge in [0, 0.05) is 23.1 Å². The lowest BCUT2D eigenvalue weighted by atomic mass is 9.83. The molecule has 1 amide bonds. The van der Waals surface area contributed by atoms with Gasteiger partial charge in [0.1, 0.15) is 11.4 Å². The molecule has 0 radical (unpaired) electrons. The first-order valence-electron chi connectivity index (χ1n) is 10.3. The maximum Gasteiger partial charge on any atom is 0.256 e. The molecule has 1 fully saturated rings. The van der Waals surface area contributed by atoms with Gasteiger partial charge in [-0.05, 0) is 38.3 Å². The largest absolute Gasteiger partial charge is 0.493 e. The van der Waals surface area contributed by atoms with E-state index in [0.717, 1.165) is 60.7 Å². The van der Waals surface area contributed by atoms with E-state index in [9.17, 15) is 4.79 Å². The third kappa shape index (κ3) is 4.44. The van der Waals surface area contributed by atoms with Crippen molar-refractivity contribution in [2.45, 2.75) is 64.4 Å². The number of nitrogens with one attached hydrogen (secondary N) is 1. The third-order valence-corrected chi connectivity index (χ3v) is 5.38. The van der Waals surface area contributed by atoms with Crippen LogP contribution in [-0.2, 0) is 9.53 Å². The molecule has 0 spiro atoms. The highest BCUT2D eigenvalue weighted by Crippen LogP contribution is 2.36. The normalized spacial score (nSPS) is 16.2. The molecule has 4 nitrogen and oxygen atoms in total. The minimum Gasteiger partial charge on any atom is -0.493 e. The average Bonchev–Trinajstić information content (AvgIpc) is 2.70. The van der Waals surface area contributed by atoms with Crippen molar-refractivity contribution in [3.8, 4) is 5.75 Å². The van der Waals surface area contributed by atoms with Crippen molar-refractivity contribution in [3.05, 3.63) is 36.4 Å². The van der Waals surface area contributed by atoms with E-state index >= 15 is 0 Å². The second kappa shape index (κ2) is 9.23. The van der Waals surface area contributed by atoms with Gasteiger partial charge >= 0.3 is 0 Å². The number of hydrogen-bond donors (Lipinski definition) is 1. The Morgan fingerprint density at radius 1 is 1.04 bits per heavy atom. The van der Waals surface area contributed by atoms with Crippen LogP contribution in [0.1, 0.15) is 58.8 Å². The predicted molar refractivity (Wildman–Crippen MR) is 110 cm³/mol. The fraction of sp³-hybridized carbons (Fsp3) is 0.522. The summed E-state index contributed by atoms with van der Waals surface area (Å²) in [6, 6.07) is 12.0. The number of rotatable bonds is 8. The summed E-state index contributed by atoms with van der Waals surface area (Å²) in [6.07, 6.45) is 6.98. The van der Waals surface area contributed by atoms with Crippen molar-refractivity contribution in [2.75, 3.05) is 18.5 Å². The zero-order valence-corrected chi connectivity index (χ0v) is 16.6. The molecule has 1 aliphatic carbocycles. The smallest absolute Gasteiger partial charge is 0.256 e. The molecule has 4 heteroatoms. The molecule has 0 heterocycles.